The summed E-state index contributed by atoms with van der Waals surface area (Å²) in [5, 5.41) is 9.46. The lowest BCUT2D eigenvalue weighted by atomic mass is 10.1. The zero-order chi connectivity index (χ0) is 21.4. The van der Waals surface area contributed by atoms with E-state index in [4.69, 9.17) is 0 Å². The molecule has 6 nitrogen and oxygen atoms in total. The van der Waals surface area contributed by atoms with E-state index in [0.717, 1.165) is 0 Å². The smallest absolute Gasteiger partial charge is 0.321 e. The van der Waals surface area contributed by atoms with E-state index in [-0.39, 0.29) is 11.8 Å². The quantitative estimate of drug-likeness (QED) is 0.649. The van der Waals surface area contributed by atoms with Crippen molar-refractivity contribution in [3.8, 4) is 5.82 Å². The van der Waals surface area contributed by atoms with E-state index in [0.29, 0.717) is 23.8 Å². The van der Waals surface area contributed by atoms with E-state index < -0.39 is 35.1 Å². The number of amides is 1. The Kier molecular flexibility index (Phi) is 5.03. The topological polar surface area (TPSA) is 72.7 Å². The van der Waals surface area contributed by atoms with Crippen LogP contribution >= 0.6 is 0 Å². The highest BCUT2D eigenvalue weighted by molar-refractivity contribution is 6.02. The second-order valence-electron chi connectivity index (χ2n) is 5.87. The van der Waals surface area contributed by atoms with Crippen molar-refractivity contribution in [1.29, 1.82) is 0 Å². The van der Waals surface area contributed by atoms with Crippen molar-refractivity contribution >= 4 is 11.6 Å². The van der Waals surface area contributed by atoms with Gasteiger partial charge in [-0.2, -0.15) is 26.3 Å². The third-order valence-corrected chi connectivity index (χ3v) is 3.80. The Morgan fingerprint density at radius 2 is 1.59 bits per heavy atom. The third kappa shape index (κ3) is 4.52. The summed E-state index contributed by atoms with van der Waals surface area (Å²) in [7, 11) is 0. The largest absolute Gasteiger partial charge is 0.416 e. The van der Waals surface area contributed by atoms with E-state index in [1.807, 2.05) is 5.32 Å². The molecule has 0 saturated heterocycles. The number of rotatable bonds is 3. The lowest BCUT2D eigenvalue weighted by Gasteiger charge is -2.14. The number of imidazole rings is 1. The van der Waals surface area contributed by atoms with Crippen LogP contribution in [0.5, 0.6) is 0 Å². The lowest BCUT2D eigenvalue weighted by Crippen LogP contribution is -2.17. The Labute approximate surface area is 159 Å². The summed E-state index contributed by atoms with van der Waals surface area (Å²) in [4.78, 5) is 16.2. The van der Waals surface area contributed by atoms with Crippen LogP contribution in [0.4, 0.5) is 32.0 Å². The number of aromatic nitrogens is 4. The van der Waals surface area contributed by atoms with Crippen molar-refractivity contribution in [2.24, 2.45) is 0 Å². The zero-order valence-electron chi connectivity index (χ0n) is 14.5. The second kappa shape index (κ2) is 7.18. The Bertz CT molecular complexity index is 1010. The van der Waals surface area contributed by atoms with E-state index in [9.17, 15) is 31.1 Å². The zero-order valence-corrected chi connectivity index (χ0v) is 14.5. The number of halogens is 6. The Balaban J connectivity index is 1.87. The highest BCUT2D eigenvalue weighted by atomic mass is 19.4. The number of nitrogens with zero attached hydrogens (tertiary/aromatic N) is 4. The van der Waals surface area contributed by atoms with Gasteiger partial charge in [-0.25, -0.2) is 4.98 Å². The maximum atomic E-state index is 12.9. The van der Waals surface area contributed by atoms with Crippen molar-refractivity contribution in [3.05, 3.63) is 65.4 Å². The molecule has 2 heterocycles. The van der Waals surface area contributed by atoms with Gasteiger partial charge >= 0.3 is 12.4 Å². The van der Waals surface area contributed by atoms with Crippen molar-refractivity contribution in [1.82, 2.24) is 19.7 Å². The molecule has 3 rings (SSSR count). The number of nitrogens with one attached hydrogen (secondary N) is 1. The summed E-state index contributed by atoms with van der Waals surface area (Å²) in [6.45, 7) is 1.70. The van der Waals surface area contributed by atoms with Crippen LogP contribution < -0.4 is 5.32 Å². The average molecular weight is 415 g/mol. The standard InChI is InChI=1S/C17H11F6N5O/c1-9-24-4-5-28(9)14-3-2-13(26-27-14)15(29)25-12-7-10(16(18,19)20)6-11(8-12)17(21,22)23/h2-8H,1H3,(H,25,29). The van der Waals surface area contributed by atoms with Gasteiger partial charge in [0.1, 0.15) is 5.82 Å². The van der Waals surface area contributed by atoms with Gasteiger partial charge in [0.25, 0.3) is 5.91 Å². The Morgan fingerprint density at radius 3 is 2.03 bits per heavy atom. The minimum absolute atomic E-state index is 0.0301. The molecule has 12 heteroatoms. The van der Waals surface area contributed by atoms with Crippen molar-refractivity contribution in [2.45, 2.75) is 19.3 Å². The van der Waals surface area contributed by atoms with Crippen LogP contribution in [-0.2, 0) is 12.4 Å². The minimum Gasteiger partial charge on any atom is -0.321 e. The molecule has 2 aromatic heterocycles. The molecule has 1 N–H and O–H groups in total. The van der Waals surface area contributed by atoms with Crippen molar-refractivity contribution < 1.29 is 31.1 Å². The van der Waals surface area contributed by atoms with Crippen LogP contribution in [0.15, 0.2) is 42.7 Å². The first-order valence-corrected chi connectivity index (χ1v) is 7.90. The highest BCUT2D eigenvalue weighted by Crippen LogP contribution is 2.37. The molecule has 0 radical (unpaired) electrons. The van der Waals surface area contributed by atoms with Crippen LogP contribution in [-0.4, -0.2) is 25.7 Å². The number of carbonyl (C=O) groups is 1. The highest BCUT2D eigenvalue weighted by Gasteiger charge is 2.37. The molecule has 1 aromatic carbocycles. The fourth-order valence-corrected chi connectivity index (χ4v) is 2.42. The van der Waals surface area contributed by atoms with Gasteiger partial charge < -0.3 is 5.32 Å². The number of hydrogen-bond acceptors (Lipinski definition) is 4. The van der Waals surface area contributed by atoms with Crippen LogP contribution in [0.25, 0.3) is 5.82 Å². The van der Waals surface area contributed by atoms with Crippen molar-refractivity contribution in [3.63, 3.8) is 0 Å². The third-order valence-electron chi connectivity index (χ3n) is 3.80. The summed E-state index contributed by atoms with van der Waals surface area (Å²) < 4.78 is 79.0. The van der Waals surface area contributed by atoms with Gasteiger partial charge in [0, 0.05) is 18.1 Å². The number of carbonyl (C=O) groups excluding carboxylic acids is 1. The minimum atomic E-state index is -5.02. The summed E-state index contributed by atoms with van der Waals surface area (Å²) in [6.07, 6.45) is -6.93. The Morgan fingerprint density at radius 1 is 0.966 bits per heavy atom. The lowest BCUT2D eigenvalue weighted by molar-refractivity contribution is -0.143. The summed E-state index contributed by atoms with van der Waals surface area (Å²) in [6, 6.07) is 3.42. The maximum absolute atomic E-state index is 12.9. The molecule has 0 unspecified atom stereocenters. The SMILES string of the molecule is Cc1nccn1-c1ccc(C(=O)Nc2cc(C(F)(F)F)cc(C(F)(F)F)c2)nn1. The first-order chi connectivity index (χ1) is 13.4. The number of alkyl halides is 6. The van der Waals surface area contributed by atoms with Crippen LogP contribution in [0.1, 0.15) is 27.4 Å². The van der Waals surface area contributed by atoms with Crippen molar-refractivity contribution in [2.75, 3.05) is 5.32 Å². The molecule has 0 saturated carbocycles. The second-order valence-corrected chi connectivity index (χ2v) is 5.87. The monoisotopic (exact) mass is 415 g/mol. The predicted molar refractivity (Wildman–Crippen MR) is 88.3 cm³/mol. The van der Waals surface area contributed by atoms with Crippen LogP contribution in [0.2, 0.25) is 0 Å². The molecule has 0 aliphatic rings. The van der Waals surface area contributed by atoms with E-state index in [2.05, 4.69) is 15.2 Å². The van der Waals surface area contributed by atoms with E-state index in [1.165, 1.54) is 18.3 Å². The Hall–Kier alpha value is -3.44. The molecule has 3 aromatic rings. The molecule has 0 aliphatic heterocycles. The average Bonchev–Trinajstić information content (AvgIpc) is 3.06. The first-order valence-electron chi connectivity index (χ1n) is 7.90. The van der Waals surface area contributed by atoms with Crippen LogP contribution in [0.3, 0.4) is 0 Å². The normalized spacial score (nSPS) is 12.1. The fourth-order valence-electron chi connectivity index (χ4n) is 2.42. The fraction of sp³-hybridized carbons (Fsp3) is 0.176. The van der Waals surface area contributed by atoms with E-state index in [1.54, 1.807) is 17.7 Å². The van der Waals surface area contributed by atoms with Gasteiger partial charge in [-0.1, -0.05) is 0 Å². The molecule has 29 heavy (non-hydrogen) atoms. The molecular formula is C17H11F6N5O. The molecule has 0 fully saturated rings. The first kappa shape index (κ1) is 20.3. The molecule has 152 valence electrons. The molecule has 0 atom stereocenters. The van der Waals surface area contributed by atoms with Gasteiger partial charge in [0.2, 0.25) is 0 Å². The maximum Gasteiger partial charge on any atom is 0.416 e. The van der Waals surface area contributed by atoms with Gasteiger partial charge in [-0.05, 0) is 37.3 Å². The van der Waals surface area contributed by atoms with Gasteiger partial charge in [-0.15, -0.1) is 10.2 Å². The number of benzene rings is 1. The number of hydrogen-bond donors (Lipinski definition) is 1. The molecule has 0 bridgehead atoms. The number of aryl methyl sites for hydroxylation is 1. The summed E-state index contributed by atoms with van der Waals surface area (Å²) in [5.74, 6) is -0.0889. The molecule has 0 aliphatic carbocycles. The molecule has 1 amide bonds. The molecule has 0 spiro atoms. The number of anilines is 1. The van der Waals surface area contributed by atoms with Crippen LogP contribution in [0, 0.1) is 6.92 Å². The predicted octanol–water partition coefficient (Wildman–Crippen LogP) is 4.26. The summed E-state index contributed by atoms with van der Waals surface area (Å²) >= 11 is 0. The molecular weight excluding hydrogens is 404 g/mol. The van der Waals surface area contributed by atoms with E-state index >= 15 is 0 Å². The summed E-state index contributed by atoms with van der Waals surface area (Å²) in [5.41, 5.74) is -4.05. The van der Waals surface area contributed by atoms with Gasteiger partial charge in [0.05, 0.1) is 11.1 Å². The van der Waals surface area contributed by atoms with Gasteiger partial charge in [-0.3, -0.25) is 9.36 Å². The van der Waals surface area contributed by atoms with Gasteiger partial charge in [0.15, 0.2) is 11.5 Å².